The fourth-order valence-corrected chi connectivity index (χ4v) is 6.65. The first-order chi connectivity index (χ1) is 9.17. The largest absolute Gasteiger partial charge is 0.300 e. The molecule has 6 atom stereocenters. The van der Waals surface area contributed by atoms with Crippen LogP contribution in [0, 0.1) is 35.0 Å². The van der Waals surface area contributed by atoms with Crippen molar-refractivity contribution < 1.29 is 4.79 Å². The SMILES string of the molecule is C[C@@]12CCC[C@H]1[C@@H]1CCC3CC(=O)CC[C@@H]3[C@H]1CC2. The molecule has 0 aliphatic heterocycles. The molecule has 0 aromatic carbocycles. The molecule has 0 aromatic rings. The minimum atomic E-state index is 0.557. The maximum atomic E-state index is 11.7. The van der Waals surface area contributed by atoms with Crippen LogP contribution in [-0.2, 0) is 4.79 Å². The predicted molar refractivity (Wildman–Crippen MR) is 76.7 cm³/mol. The summed E-state index contributed by atoms with van der Waals surface area (Å²) >= 11 is 0. The zero-order chi connectivity index (χ0) is 13.0. The highest BCUT2D eigenvalue weighted by Gasteiger charge is 2.53. The van der Waals surface area contributed by atoms with E-state index in [0.717, 1.165) is 42.4 Å². The summed E-state index contributed by atoms with van der Waals surface area (Å²) in [7, 11) is 0. The molecule has 0 spiro atoms. The smallest absolute Gasteiger partial charge is 0.133 e. The van der Waals surface area contributed by atoms with Gasteiger partial charge in [-0.15, -0.1) is 0 Å². The molecule has 1 heteroatoms. The summed E-state index contributed by atoms with van der Waals surface area (Å²) in [6.07, 6.45) is 13.3. The maximum Gasteiger partial charge on any atom is 0.133 e. The van der Waals surface area contributed by atoms with Crippen LogP contribution in [0.3, 0.4) is 0 Å². The van der Waals surface area contributed by atoms with Crippen LogP contribution in [0.25, 0.3) is 0 Å². The van der Waals surface area contributed by atoms with Gasteiger partial charge in [-0.2, -0.15) is 0 Å². The minimum Gasteiger partial charge on any atom is -0.300 e. The Kier molecular flexibility index (Phi) is 2.83. The zero-order valence-electron chi connectivity index (χ0n) is 12.4. The van der Waals surface area contributed by atoms with Crippen molar-refractivity contribution in [3.8, 4) is 0 Å². The highest BCUT2D eigenvalue weighted by molar-refractivity contribution is 5.79. The van der Waals surface area contributed by atoms with Crippen molar-refractivity contribution in [2.24, 2.45) is 35.0 Å². The highest BCUT2D eigenvalue weighted by Crippen LogP contribution is 2.62. The van der Waals surface area contributed by atoms with Crippen LogP contribution in [-0.4, -0.2) is 5.78 Å². The van der Waals surface area contributed by atoms with Crippen molar-refractivity contribution in [2.45, 2.75) is 71.1 Å². The second-order valence-corrected chi connectivity index (χ2v) is 8.30. The van der Waals surface area contributed by atoms with E-state index < -0.39 is 0 Å². The van der Waals surface area contributed by atoms with Crippen LogP contribution in [0.2, 0.25) is 0 Å². The molecule has 4 aliphatic carbocycles. The quantitative estimate of drug-likeness (QED) is 0.622. The molecule has 4 fully saturated rings. The number of hydrogen-bond acceptors (Lipinski definition) is 1. The Bertz CT molecular complexity index is 387. The lowest BCUT2D eigenvalue weighted by Gasteiger charge is -2.54. The second kappa shape index (κ2) is 4.33. The van der Waals surface area contributed by atoms with E-state index in [1.165, 1.54) is 51.4 Å². The van der Waals surface area contributed by atoms with Gasteiger partial charge >= 0.3 is 0 Å². The van der Waals surface area contributed by atoms with Crippen molar-refractivity contribution in [3.63, 3.8) is 0 Å². The van der Waals surface area contributed by atoms with Crippen molar-refractivity contribution in [3.05, 3.63) is 0 Å². The van der Waals surface area contributed by atoms with Crippen LogP contribution < -0.4 is 0 Å². The number of hydrogen-bond donors (Lipinski definition) is 0. The molecule has 0 radical (unpaired) electrons. The van der Waals surface area contributed by atoms with E-state index >= 15 is 0 Å². The average Bonchev–Trinajstić information content (AvgIpc) is 2.79. The van der Waals surface area contributed by atoms with Crippen LogP contribution in [0.4, 0.5) is 0 Å². The second-order valence-electron chi connectivity index (χ2n) is 8.30. The Labute approximate surface area is 117 Å². The lowest BCUT2D eigenvalue weighted by atomic mass is 9.51. The van der Waals surface area contributed by atoms with Crippen molar-refractivity contribution in [1.29, 1.82) is 0 Å². The van der Waals surface area contributed by atoms with Gasteiger partial charge in [0.15, 0.2) is 0 Å². The number of ketones is 1. The summed E-state index contributed by atoms with van der Waals surface area (Å²) in [4.78, 5) is 11.7. The fraction of sp³-hybridized carbons (Fsp3) is 0.944. The summed E-state index contributed by atoms with van der Waals surface area (Å²) in [5.74, 6) is 5.29. The molecule has 1 nitrogen and oxygen atoms in total. The van der Waals surface area contributed by atoms with E-state index in [1.807, 2.05) is 0 Å². The van der Waals surface area contributed by atoms with Crippen LogP contribution in [0.5, 0.6) is 0 Å². The number of rotatable bonds is 0. The number of Topliss-reactive ketones (excluding diaryl/α,β-unsaturated/α-hetero) is 1. The van der Waals surface area contributed by atoms with Gasteiger partial charge in [-0.25, -0.2) is 0 Å². The van der Waals surface area contributed by atoms with E-state index in [4.69, 9.17) is 0 Å². The molecule has 1 unspecified atom stereocenters. The Morgan fingerprint density at radius 2 is 1.84 bits per heavy atom. The molecule has 4 rings (SSSR count). The number of carbonyl (C=O) groups excluding carboxylic acids is 1. The monoisotopic (exact) mass is 260 g/mol. The van der Waals surface area contributed by atoms with Gasteiger partial charge in [0.05, 0.1) is 0 Å². The van der Waals surface area contributed by atoms with Crippen molar-refractivity contribution in [2.75, 3.05) is 0 Å². The molecule has 0 aromatic heterocycles. The normalized spacial score (nSPS) is 53.3. The summed E-state index contributed by atoms with van der Waals surface area (Å²) in [6.45, 7) is 2.58. The van der Waals surface area contributed by atoms with Gasteiger partial charge in [-0.1, -0.05) is 13.3 Å². The Hall–Kier alpha value is -0.330. The molecule has 0 heterocycles. The van der Waals surface area contributed by atoms with Gasteiger partial charge in [-0.05, 0) is 80.0 Å². The highest BCUT2D eigenvalue weighted by atomic mass is 16.1. The molecule has 0 amide bonds. The fourth-order valence-electron chi connectivity index (χ4n) is 6.65. The van der Waals surface area contributed by atoms with Gasteiger partial charge in [0.2, 0.25) is 0 Å². The summed E-state index contributed by atoms with van der Waals surface area (Å²) < 4.78 is 0. The molecule has 0 N–H and O–H groups in total. The van der Waals surface area contributed by atoms with E-state index in [2.05, 4.69) is 6.92 Å². The first-order valence-electron chi connectivity index (χ1n) is 8.69. The predicted octanol–water partition coefficient (Wildman–Crippen LogP) is 4.60. The minimum absolute atomic E-state index is 0.557. The Balaban J connectivity index is 1.58. The molecule has 0 saturated heterocycles. The van der Waals surface area contributed by atoms with Gasteiger partial charge in [0.25, 0.3) is 0 Å². The third-order valence-corrected chi connectivity index (χ3v) is 7.55. The molecular formula is C18H28O. The third kappa shape index (κ3) is 1.83. The van der Waals surface area contributed by atoms with Crippen molar-refractivity contribution >= 4 is 5.78 Å². The first kappa shape index (κ1) is 12.4. The summed E-state index contributed by atoms with van der Waals surface area (Å²) in [5, 5.41) is 0. The molecule has 0 bridgehead atoms. The molecule has 4 saturated carbocycles. The van der Waals surface area contributed by atoms with E-state index in [-0.39, 0.29) is 0 Å². The summed E-state index contributed by atoms with van der Waals surface area (Å²) in [5.41, 5.74) is 0.693. The van der Waals surface area contributed by atoms with E-state index in [0.29, 0.717) is 11.2 Å². The van der Waals surface area contributed by atoms with E-state index in [1.54, 1.807) is 0 Å². The lowest BCUT2D eigenvalue weighted by molar-refractivity contribution is -0.127. The standard InChI is InChI=1S/C18H28O/c1-18-9-2-3-17(18)16-6-4-12-11-13(19)5-7-14(12)15(16)8-10-18/h12,14-17H,2-11H2,1H3/t12?,14-,15+,16+,17-,18-/m0/s1. The molecule has 106 valence electrons. The van der Waals surface area contributed by atoms with Gasteiger partial charge < -0.3 is 0 Å². The average molecular weight is 260 g/mol. The number of fused-ring (bicyclic) bond motifs is 5. The Morgan fingerprint density at radius 3 is 2.74 bits per heavy atom. The van der Waals surface area contributed by atoms with Crippen LogP contribution >= 0.6 is 0 Å². The zero-order valence-corrected chi connectivity index (χ0v) is 12.4. The van der Waals surface area contributed by atoms with Gasteiger partial charge in [0.1, 0.15) is 5.78 Å². The van der Waals surface area contributed by atoms with Crippen molar-refractivity contribution in [1.82, 2.24) is 0 Å². The Morgan fingerprint density at radius 1 is 0.947 bits per heavy atom. The molecule has 4 aliphatic rings. The third-order valence-electron chi connectivity index (χ3n) is 7.55. The maximum absolute atomic E-state index is 11.7. The molecule has 19 heavy (non-hydrogen) atoms. The lowest BCUT2D eigenvalue weighted by Crippen LogP contribution is -2.47. The molecular weight excluding hydrogens is 232 g/mol. The van der Waals surface area contributed by atoms with Gasteiger partial charge in [-0.3, -0.25) is 4.79 Å². The van der Waals surface area contributed by atoms with E-state index in [9.17, 15) is 4.79 Å². The van der Waals surface area contributed by atoms with Gasteiger partial charge in [0, 0.05) is 12.8 Å². The topological polar surface area (TPSA) is 17.1 Å². The van der Waals surface area contributed by atoms with Crippen LogP contribution in [0.1, 0.15) is 71.1 Å². The number of carbonyl (C=O) groups is 1. The first-order valence-corrected chi connectivity index (χ1v) is 8.69. The van der Waals surface area contributed by atoms with Crippen LogP contribution in [0.15, 0.2) is 0 Å². The summed E-state index contributed by atoms with van der Waals surface area (Å²) in [6, 6.07) is 0.